The van der Waals surface area contributed by atoms with Crippen LogP contribution in [0.15, 0.2) is 84.5 Å². The molecule has 0 spiro atoms. The minimum Gasteiger partial charge on any atom is -0.385 e. The van der Waals surface area contributed by atoms with Gasteiger partial charge < -0.3 is 10.2 Å². The van der Waals surface area contributed by atoms with Gasteiger partial charge in [-0.05, 0) is 29.5 Å². The van der Waals surface area contributed by atoms with Gasteiger partial charge in [-0.15, -0.1) is 0 Å². The van der Waals surface area contributed by atoms with E-state index in [0.717, 1.165) is 18.4 Å². The van der Waals surface area contributed by atoms with E-state index in [1.165, 1.54) is 0 Å². The summed E-state index contributed by atoms with van der Waals surface area (Å²) in [7, 11) is 0. The van der Waals surface area contributed by atoms with Crippen LogP contribution in [0.2, 0.25) is 0 Å². The number of benzene rings is 2. The second-order valence-electron chi connectivity index (χ2n) is 5.58. The average molecular weight is 292 g/mol. The van der Waals surface area contributed by atoms with E-state index < -0.39 is 11.7 Å². The molecule has 0 heterocycles. The Kier molecular flexibility index (Phi) is 4.23. The maximum atomic E-state index is 11.5. The fraction of sp³-hybridized carbons (Fsp3) is 0.200. The molecular weight excluding hydrogens is 272 g/mol. The van der Waals surface area contributed by atoms with Crippen LogP contribution in [-0.4, -0.2) is 10.2 Å². The molecule has 0 aliphatic heterocycles. The van der Waals surface area contributed by atoms with Crippen molar-refractivity contribution in [2.24, 2.45) is 0 Å². The largest absolute Gasteiger partial charge is 0.385 e. The quantitative estimate of drug-likeness (QED) is 0.897. The number of aliphatic hydroxyl groups is 2. The van der Waals surface area contributed by atoms with Crippen LogP contribution in [0.5, 0.6) is 0 Å². The van der Waals surface area contributed by atoms with E-state index in [1.54, 1.807) is 0 Å². The van der Waals surface area contributed by atoms with Gasteiger partial charge in [0.15, 0.2) is 0 Å². The monoisotopic (exact) mass is 292 g/mol. The smallest absolute Gasteiger partial charge is 0.144 e. The zero-order valence-corrected chi connectivity index (χ0v) is 12.4. The molecule has 0 aromatic heterocycles. The van der Waals surface area contributed by atoms with E-state index in [1.807, 2.05) is 78.9 Å². The van der Waals surface area contributed by atoms with E-state index in [9.17, 15) is 10.2 Å². The summed E-state index contributed by atoms with van der Waals surface area (Å²) in [6.07, 6.45) is 6.80. The summed E-state index contributed by atoms with van der Waals surface area (Å²) in [5.74, 6) is 0. The van der Waals surface area contributed by atoms with Crippen LogP contribution in [0.4, 0.5) is 0 Å². The highest BCUT2D eigenvalue weighted by Gasteiger charge is 2.41. The lowest BCUT2D eigenvalue weighted by molar-refractivity contribution is -0.0526. The van der Waals surface area contributed by atoms with E-state index in [-0.39, 0.29) is 0 Å². The van der Waals surface area contributed by atoms with E-state index in [2.05, 4.69) is 0 Å². The van der Waals surface area contributed by atoms with Crippen molar-refractivity contribution in [3.8, 4) is 0 Å². The van der Waals surface area contributed by atoms with Crippen LogP contribution in [0, 0.1) is 0 Å². The lowest BCUT2D eigenvalue weighted by atomic mass is 9.77. The third kappa shape index (κ3) is 2.63. The van der Waals surface area contributed by atoms with Crippen molar-refractivity contribution in [3.63, 3.8) is 0 Å². The van der Waals surface area contributed by atoms with Crippen LogP contribution in [0.3, 0.4) is 0 Å². The summed E-state index contributed by atoms with van der Waals surface area (Å²) in [6.45, 7) is 0. The number of rotatable bonds is 4. The highest BCUT2D eigenvalue weighted by Crippen LogP contribution is 2.42. The Morgan fingerprint density at radius 2 is 1.50 bits per heavy atom. The normalized spacial score (nSPS) is 18.4. The van der Waals surface area contributed by atoms with E-state index in [0.29, 0.717) is 11.1 Å². The molecule has 0 bridgehead atoms. The fourth-order valence-electron chi connectivity index (χ4n) is 2.95. The summed E-state index contributed by atoms with van der Waals surface area (Å²) in [5, 5.41) is 22.4. The summed E-state index contributed by atoms with van der Waals surface area (Å²) in [6, 6.07) is 18.7. The predicted molar refractivity (Wildman–Crippen MR) is 88.2 cm³/mol. The van der Waals surface area contributed by atoms with Gasteiger partial charge in [-0.25, -0.2) is 0 Å². The summed E-state index contributed by atoms with van der Waals surface area (Å²) in [5.41, 5.74) is 0.707. The van der Waals surface area contributed by atoms with Crippen LogP contribution in [0.25, 0.3) is 0 Å². The van der Waals surface area contributed by atoms with Crippen LogP contribution >= 0.6 is 0 Å². The summed E-state index contributed by atoms with van der Waals surface area (Å²) >= 11 is 0. The first-order valence-corrected chi connectivity index (χ1v) is 7.61. The van der Waals surface area contributed by atoms with Gasteiger partial charge >= 0.3 is 0 Å². The number of aliphatic hydroxyl groups excluding tert-OH is 1. The van der Waals surface area contributed by atoms with Gasteiger partial charge in [0, 0.05) is 0 Å². The molecule has 0 saturated heterocycles. The molecule has 22 heavy (non-hydrogen) atoms. The number of hydrogen-bond acceptors (Lipinski definition) is 2. The standard InChI is InChI=1S/C20H20O2/c21-19(16-10-4-1-5-11-16)20(22,17-12-6-2-7-13-17)18-14-8-3-9-15-18/h1-2,4-8,10-15,19,21-22H,3,9H2/t19-,20?/m1/s1. The Morgan fingerprint density at radius 3 is 2.09 bits per heavy atom. The van der Waals surface area contributed by atoms with Crippen molar-refractivity contribution >= 4 is 0 Å². The van der Waals surface area contributed by atoms with Gasteiger partial charge in [0.2, 0.25) is 0 Å². The minimum atomic E-state index is -1.44. The van der Waals surface area contributed by atoms with Gasteiger partial charge in [0.25, 0.3) is 0 Å². The van der Waals surface area contributed by atoms with Crippen molar-refractivity contribution in [1.29, 1.82) is 0 Å². The molecule has 1 aliphatic rings. The second kappa shape index (κ2) is 6.30. The molecule has 112 valence electrons. The Labute approximate surface area is 131 Å². The van der Waals surface area contributed by atoms with Crippen molar-refractivity contribution in [3.05, 3.63) is 95.6 Å². The number of allylic oxidation sites excluding steroid dienone is 2. The topological polar surface area (TPSA) is 40.5 Å². The van der Waals surface area contributed by atoms with E-state index >= 15 is 0 Å². The minimum absolute atomic E-state index is 0.698. The second-order valence-corrected chi connectivity index (χ2v) is 5.58. The Balaban J connectivity index is 2.11. The molecule has 2 heteroatoms. The summed E-state index contributed by atoms with van der Waals surface area (Å²) < 4.78 is 0. The molecular formula is C20H20O2. The van der Waals surface area contributed by atoms with Crippen molar-refractivity contribution < 1.29 is 10.2 Å². The lowest BCUT2D eigenvalue weighted by Gasteiger charge is -2.36. The molecule has 2 atom stereocenters. The van der Waals surface area contributed by atoms with Crippen molar-refractivity contribution in [1.82, 2.24) is 0 Å². The molecule has 1 unspecified atom stereocenters. The SMILES string of the molecule is O[C@H](c1ccccc1)C(O)(C1=CCCC=C1)c1ccccc1. The summed E-state index contributed by atoms with van der Waals surface area (Å²) in [4.78, 5) is 0. The maximum Gasteiger partial charge on any atom is 0.144 e. The highest BCUT2D eigenvalue weighted by molar-refractivity contribution is 5.43. The van der Waals surface area contributed by atoms with Crippen molar-refractivity contribution in [2.45, 2.75) is 24.5 Å². The zero-order valence-electron chi connectivity index (χ0n) is 12.4. The Bertz CT molecular complexity index is 673. The molecule has 0 saturated carbocycles. The molecule has 1 aliphatic carbocycles. The first-order chi connectivity index (χ1) is 10.7. The van der Waals surface area contributed by atoms with Crippen LogP contribution < -0.4 is 0 Å². The third-order valence-corrected chi connectivity index (χ3v) is 4.16. The average Bonchev–Trinajstić information content (AvgIpc) is 2.62. The molecule has 2 aromatic rings. The lowest BCUT2D eigenvalue weighted by Crippen LogP contribution is -2.35. The Morgan fingerprint density at radius 1 is 0.864 bits per heavy atom. The Hall–Kier alpha value is -2.16. The van der Waals surface area contributed by atoms with E-state index in [4.69, 9.17) is 0 Å². The number of hydrogen-bond donors (Lipinski definition) is 2. The van der Waals surface area contributed by atoms with Gasteiger partial charge in [0.05, 0.1) is 0 Å². The van der Waals surface area contributed by atoms with Gasteiger partial charge in [-0.1, -0.05) is 78.9 Å². The molecule has 2 N–H and O–H groups in total. The van der Waals surface area contributed by atoms with Gasteiger partial charge in [-0.2, -0.15) is 0 Å². The fourth-order valence-corrected chi connectivity index (χ4v) is 2.95. The zero-order chi connectivity index (χ0) is 15.4. The molecule has 0 amide bonds. The van der Waals surface area contributed by atoms with Gasteiger partial charge in [0.1, 0.15) is 11.7 Å². The third-order valence-electron chi connectivity index (χ3n) is 4.16. The molecule has 3 rings (SSSR count). The van der Waals surface area contributed by atoms with Crippen LogP contribution in [0.1, 0.15) is 30.1 Å². The first-order valence-electron chi connectivity index (χ1n) is 7.61. The first kappa shape index (κ1) is 14.8. The predicted octanol–water partition coefficient (Wildman–Crippen LogP) is 3.88. The maximum absolute atomic E-state index is 11.5. The highest BCUT2D eigenvalue weighted by atomic mass is 16.3. The molecule has 0 fully saturated rings. The molecule has 2 aromatic carbocycles. The molecule has 0 radical (unpaired) electrons. The van der Waals surface area contributed by atoms with Crippen LogP contribution in [-0.2, 0) is 5.60 Å². The van der Waals surface area contributed by atoms with Crippen molar-refractivity contribution in [2.75, 3.05) is 0 Å². The molecule has 2 nitrogen and oxygen atoms in total. The van der Waals surface area contributed by atoms with Gasteiger partial charge in [-0.3, -0.25) is 0 Å².